The van der Waals surface area contributed by atoms with Crippen LogP contribution in [0, 0.1) is 10.8 Å². The molecule has 6 aromatic carbocycles. The van der Waals surface area contributed by atoms with E-state index in [4.69, 9.17) is 16.6 Å². The lowest BCUT2D eigenvalue weighted by molar-refractivity contribution is 1.27. The van der Waals surface area contributed by atoms with E-state index in [1.165, 1.54) is 54.6 Å². The lowest BCUT2D eigenvalue weighted by Crippen LogP contribution is -2.19. The standard InChI is InChI=1S/C30H21N.C16H12N4/c31-24-17-15-21(16-18-24)29-25-9-3-5-11-27(25)30(28-12-6-4-10-26(28)29)23-14-13-20-7-1-2-8-22(20)19-23;17-15-11(13-5-1-3-9-19-13)7-8-12(16(15)18)14-6-2-4-10-20-14/h1-19H,31H2;1-10,17-18H. The van der Waals surface area contributed by atoms with Crippen LogP contribution >= 0.6 is 0 Å². The van der Waals surface area contributed by atoms with Crippen molar-refractivity contribution in [2.75, 3.05) is 5.73 Å². The summed E-state index contributed by atoms with van der Waals surface area (Å²) in [6, 6.07) is 52.1. The second kappa shape index (κ2) is 13.5. The van der Waals surface area contributed by atoms with E-state index < -0.39 is 0 Å². The molecule has 0 radical (unpaired) electrons. The number of hydrogen-bond acceptors (Lipinski definition) is 5. The SMILES string of the molecule is N=C1C(=N)C(c2ccccn2)=CC=C1c1ccccn1.Nc1ccc(-c2c3ccccc3c(-c3ccc4ccccc4c3)c3ccccc23)cc1. The number of hydrogen-bond donors (Lipinski definition) is 3. The van der Waals surface area contributed by atoms with Crippen molar-refractivity contribution in [3.05, 3.63) is 188 Å². The molecule has 0 fully saturated rings. The molecule has 0 atom stereocenters. The molecule has 0 unspecified atom stereocenters. The number of nitrogens with two attached hydrogens (primary N) is 1. The predicted molar refractivity (Wildman–Crippen MR) is 214 cm³/mol. The van der Waals surface area contributed by atoms with Gasteiger partial charge in [0.1, 0.15) is 0 Å². The van der Waals surface area contributed by atoms with Crippen molar-refractivity contribution in [1.82, 2.24) is 9.97 Å². The molecule has 2 heterocycles. The number of nitrogens with zero attached hydrogens (tertiary/aromatic N) is 2. The normalized spacial score (nSPS) is 12.7. The fraction of sp³-hybridized carbons (Fsp3) is 0. The molecular formula is C46H33N5. The Morgan fingerprint density at radius 3 is 1.33 bits per heavy atom. The summed E-state index contributed by atoms with van der Waals surface area (Å²) in [5.74, 6) is 0. The van der Waals surface area contributed by atoms with Crippen LogP contribution in [0.3, 0.4) is 0 Å². The van der Waals surface area contributed by atoms with Crippen LogP contribution in [0.15, 0.2) is 176 Å². The summed E-state index contributed by atoms with van der Waals surface area (Å²) in [6.07, 6.45) is 7.02. The minimum atomic E-state index is 0.173. The average Bonchev–Trinajstić information content (AvgIpc) is 3.19. The molecule has 0 amide bonds. The van der Waals surface area contributed by atoms with Gasteiger partial charge in [0.2, 0.25) is 0 Å². The molecule has 0 saturated heterocycles. The van der Waals surface area contributed by atoms with Gasteiger partial charge in [0.25, 0.3) is 0 Å². The largest absolute Gasteiger partial charge is 0.399 e. The van der Waals surface area contributed by atoms with Crippen LogP contribution in [-0.2, 0) is 0 Å². The van der Waals surface area contributed by atoms with Gasteiger partial charge >= 0.3 is 0 Å². The zero-order chi connectivity index (χ0) is 34.7. The van der Waals surface area contributed by atoms with E-state index >= 15 is 0 Å². The van der Waals surface area contributed by atoms with Crippen molar-refractivity contribution < 1.29 is 0 Å². The summed E-state index contributed by atoms with van der Waals surface area (Å²) in [5.41, 5.74) is 14.8. The summed E-state index contributed by atoms with van der Waals surface area (Å²) >= 11 is 0. The molecule has 8 aromatic rings. The molecule has 51 heavy (non-hydrogen) atoms. The fourth-order valence-corrected chi connectivity index (χ4v) is 6.82. The highest BCUT2D eigenvalue weighted by Crippen LogP contribution is 2.44. The maximum absolute atomic E-state index is 8.17. The van der Waals surface area contributed by atoms with Gasteiger partial charge in [0, 0.05) is 29.2 Å². The number of benzene rings is 6. The molecule has 5 nitrogen and oxygen atoms in total. The molecule has 2 aromatic heterocycles. The number of pyridine rings is 2. The Labute approximate surface area is 296 Å². The van der Waals surface area contributed by atoms with Crippen molar-refractivity contribution in [2.45, 2.75) is 0 Å². The van der Waals surface area contributed by atoms with Crippen molar-refractivity contribution in [1.29, 1.82) is 10.8 Å². The highest BCUT2D eigenvalue weighted by molar-refractivity contribution is 6.68. The molecule has 1 aliphatic rings. The van der Waals surface area contributed by atoms with Crippen LogP contribution in [0.5, 0.6) is 0 Å². The first-order chi connectivity index (χ1) is 25.1. The molecule has 1 aliphatic carbocycles. The maximum atomic E-state index is 8.17. The minimum Gasteiger partial charge on any atom is -0.399 e. The van der Waals surface area contributed by atoms with E-state index in [0.29, 0.717) is 22.5 Å². The Kier molecular flexibility index (Phi) is 8.28. The molecule has 0 bridgehead atoms. The van der Waals surface area contributed by atoms with Crippen molar-refractivity contribution in [2.24, 2.45) is 0 Å². The lowest BCUT2D eigenvalue weighted by atomic mass is 9.85. The Morgan fingerprint density at radius 2 is 0.843 bits per heavy atom. The second-order valence-corrected chi connectivity index (χ2v) is 12.4. The van der Waals surface area contributed by atoms with E-state index in [1.807, 2.05) is 60.7 Å². The van der Waals surface area contributed by atoms with Crippen LogP contribution in [-0.4, -0.2) is 21.4 Å². The second-order valence-electron chi connectivity index (χ2n) is 12.4. The summed E-state index contributed by atoms with van der Waals surface area (Å²) in [4.78, 5) is 8.47. The van der Waals surface area contributed by atoms with E-state index in [2.05, 4.69) is 113 Å². The Balaban J connectivity index is 0.000000162. The number of rotatable bonds is 4. The van der Waals surface area contributed by atoms with Gasteiger partial charge in [-0.25, -0.2) is 0 Å². The number of nitrogens with one attached hydrogen (secondary N) is 2. The Bertz CT molecular complexity index is 2530. The minimum absolute atomic E-state index is 0.173. The van der Waals surface area contributed by atoms with Crippen LogP contribution in [0.4, 0.5) is 5.69 Å². The first-order valence-electron chi connectivity index (χ1n) is 16.8. The number of anilines is 1. The van der Waals surface area contributed by atoms with E-state index in [9.17, 15) is 0 Å². The molecule has 0 saturated carbocycles. The fourth-order valence-electron chi connectivity index (χ4n) is 6.82. The maximum Gasteiger partial charge on any atom is 0.0890 e. The van der Waals surface area contributed by atoms with Crippen LogP contribution in [0.25, 0.3) is 65.7 Å². The third kappa shape index (κ3) is 5.98. The Morgan fingerprint density at radius 1 is 0.412 bits per heavy atom. The van der Waals surface area contributed by atoms with Gasteiger partial charge in [-0.05, 0) is 109 Å². The average molecular weight is 656 g/mol. The molecule has 242 valence electrons. The lowest BCUT2D eigenvalue weighted by Gasteiger charge is -2.18. The number of nitrogen functional groups attached to an aromatic ring is 1. The van der Waals surface area contributed by atoms with Gasteiger partial charge < -0.3 is 5.73 Å². The summed E-state index contributed by atoms with van der Waals surface area (Å²) in [7, 11) is 0. The predicted octanol–water partition coefficient (Wildman–Crippen LogP) is 11.1. The highest BCUT2D eigenvalue weighted by atomic mass is 14.7. The summed E-state index contributed by atoms with van der Waals surface area (Å²) in [5, 5.41) is 23.9. The smallest absolute Gasteiger partial charge is 0.0890 e. The molecule has 5 heteroatoms. The highest BCUT2D eigenvalue weighted by Gasteiger charge is 2.22. The van der Waals surface area contributed by atoms with Gasteiger partial charge in [0.15, 0.2) is 0 Å². The van der Waals surface area contributed by atoms with Crippen molar-refractivity contribution in [3.8, 4) is 22.3 Å². The number of aromatic nitrogens is 2. The van der Waals surface area contributed by atoms with Crippen LogP contribution < -0.4 is 5.73 Å². The topological polar surface area (TPSA) is 99.5 Å². The number of fused-ring (bicyclic) bond motifs is 3. The zero-order valence-electron chi connectivity index (χ0n) is 27.7. The molecular weight excluding hydrogens is 623 g/mol. The molecule has 9 rings (SSSR count). The van der Waals surface area contributed by atoms with Gasteiger partial charge in [-0.3, -0.25) is 20.8 Å². The van der Waals surface area contributed by atoms with Crippen molar-refractivity contribution in [3.63, 3.8) is 0 Å². The molecule has 0 aliphatic heterocycles. The van der Waals surface area contributed by atoms with Crippen LogP contribution in [0.1, 0.15) is 11.4 Å². The van der Waals surface area contributed by atoms with Crippen LogP contribution in [0.2, 0.25) is 0 Å². The van der Waals surface area contributed by atoms with Gasteiger partial charge in [0.05, 0.1) is 22.8 Å². The first kappa shape index (κ1) is 31.3. The summed E-state index contributed by atoms with van der Waals surface area (Å²) in [6.45, 7) is 0. The van der Waals surface area contributed by atoms with Gasteiger partial charge in [-0.1, -0.05) is 109 Å². The van der Waals surface area contributed by atoms with E-state index in [1.54, 1.807) is 12.4 Å². The first-order valence-corrected chi connectivity index (χ1v) is 16.8. The monoisotopic (exact) mass is 655 g/mol. The van der Waals surface area contributed by atoms with E-state index in [-0.39, 0.29) is 11.4 Å². The summed E-state index contributed by atoms with van der Waals surface area (Å²) < 4.78 is 0. The van der Waals surface area contributed by atoms with Gasteiger partial charge in [-0.15, -0.1) is 0 Å². The quantitative estimate of drug-likeness (QED) is 0.0999. The number of allylic oxidation sites excluding steroid dienone is 4. The Hall–Kier alpha value is -6.98. The van der Waals surface area contributed by atoms with Crippen molar-refractivity contribution >= 4 is 60.6 Å². The third-order valence-electron chi connectivity index (χ3n) is 9.26. The van der Waals surface area contributed by atoms with E-state index in [0.717, 1.165) is 5.69 Å². The molecule has 4 N–H and O–H groups in total. The molecule has 0 spiro atoms. The third-order valence-corrected chi connectivity index (χ3v) is 9.26. The van der Waals surface area contributed by atoms with Gasteiger partial charge in [-0.2, -0.15) is 0 Å². The zero-order valence-corrected chi connectivity index (χ0v) is 27.7.